The van der Waals surface area contributed by atoms with Gasteiger partial charge in [-0.3, -0.25) is 9.58 Å². The van der Waals surface area contributed by atoms with Gasteiger partial charge in [0.1, 0.15) is 0 Å². The number of alkyl halides is 3. The van der Waals surface area contributed by atoms with E-state index in [-0.39, 0.29) is 12.6 Å². The number of halogens is 4. The monoisotopic (exact) mass is 327 g/mol. The minimum absolute atomic E-state index is 0.186. The van der Waals surface area contributed by atoms with E-state index in [2.05, 4.69) is 21.0 Å². The van der Waals surface area contributed by atoms with Crippen molar-refractivity contribution in [3.8, 4) is 0 Å². The average Bonchev–Trinajstić information content (AvgIpc) is 2.41. The van der Waals surface area contributed by atoms with Crippen molar-refractivity contribution in [1.82, 2.24) is 14.7 Å². The summed E-state index contributed by atoms with van der Waals surface area (Å²) in [6, 6.07) is -0.186. The molecule has 1 rings (SSSR count). The second-order valence-corrected chi connectivity index (χ2v) is 5.38. The van der Waals surface area contributed by atoms with Crippen molar-refractivity contribution in [2.75, 3.05) is 6.54 Å². The molecule has 0 bridgehead atoms. The van der Waals surface area contributed by atoms with Crippen molar-refractivity contribution >= 4 is 15.9 Å². The third kappa shape index (κ3) is 3.98. The quantitative estimate of drug-likeness (QED) is 0.846. The molecule has 0 aliphatic heterocycles. The normalized spacial score (nSPS) is 12.8. The number of hydrogen-bond acceptors (Lipinski definition) is 2. The number of aryl methyl sites for hydroxylation is 2. The average molecular weight is 328 g/mol. The van der Waals surface area contributed by atoms with E-state index in [1.54, 1.807) is 25.6 Å². The van der Waals surface area contributed by atoms with E-state index in [1.165, 1.54) is 4.90 Å². The molecular weight excluding hydrogens is 311 g/mol. The van der Waals surface area contributed by atoms with Gasteiger partial charge in [0, 0.05) is 19.6 Å². The van der Waals surface area contributed by atoms with Crippen molar-refractivity contribution in [1.29, 1.82) is 0 Å². The molecule has 1 aromatic rings. The van der Waals surface area contributed by atoms with Crippen LogP contribution >= 0.6 is 15.9 Å². The Morgan fingerprint density at radius 2 is 1.94 bits per heavy atom. The van der Waals surface area contributed by atoms with Crippen LogP contribution in [0.15, 0.2) is 4.47 Å². The van der Waals surface area contributed by atoms with Gasteiger partial charge in [-0.15, -0.1) is 0 Å². The van der Waals surface area contributed by atoms with E-state index in [0.717, 1.165) is 15.9 Å². The van der Waals surface area contributed by atoms with E-state index in [1.807, 2.05) is 6.92 Å². The highest BCUT2D eigenvalue weighted by Crippen LogP contribution is 2.25. The minimum Gasteiger partial charge on any atom is -0.287 e. The van der Waals surface area contributed by atoms with E-state index >= 15 is 0 Å². The van der Waals surface area contributed by atoms with Crippen LogP contribution in [0.1, 0.15) is 25.2 Å². The Kier molecular flexibility index (Phi) is 4.83. The molecular formula is C11H17BrF3N3. The fourth-order valence-electron chi connectivity index (χ4n) is 1.70. The van der Waals surface area contributed by atoms with Crippen LogP contribution < -0.4 is 0 Å². The molecule has 0 saturated carbocycles. The zero-order valence-corrected chi connectivity index (χ0v) is 12.4. The molecule has 0 fully saturated rings. The highest BCUT2D eigenvalue weighted by atomic mass is 79.9. The first-order valence-electron chi connectivity index (χ1n) is 5.60. The van der Waals surface area contributed by atoms with Gasteiger partial charge in [0.25, 0.3) is 0 Å². The highest BCUT2D eigenvalue weighted by molar-refractivity contribution is 9.10. The summed E-state index contributed by atoms with van der Waals surface area (Å²) in [6.45, 7) is 4.62. The fraction of sp³-hybridized carbons (Fsp3) is 0.727. The van der Waals surface area contributed by atoms with Crippen LogP contribution in [0.25, 0.3) is 0 Å². The largest absolute Gasteiger partial charge is 0.401 e. The van der Waals surface area contributed by atoms with Gasteiger partial charge < -0.3 is 0 Å². The molecule has 0 aromatic carbocycles. The zero-order chi connectivity index (χ0) is 14.1. The summed E-state index contributed by atoms with van der Waals surface area (Å²) in [5, 5.41) is 4.18. The molecule has 0 spiro atoms. The zero-order valence-electron chi connectivity index (χ0n) is 10.8. The summed E-state index contributed by atoms with van der Waals surface area (Å²) in [4.78, 5) is 1.38. The molecule has 7 heteroatoms. The van der Waals surface area contributed by atoms with Crippen LogP contribution in [0.3, 0.4) is 0 Å². The lowest BCUT2D eigenvalue weighted by Crippen LogP contribution is -2.39. The third-order valence-electron chi connectivity index (χ3n) is 2.73. The lowest BCUT2D eigenvalue weighted by Gasteiger charge is -2.27. The maximum Gasteiger partial charge on any atom is 0.401 e. The van der Waals surface area contributed by atoms with E-state index in [9.17, 15) is 13.2 Å². The van der Waals surface area contributed by atoms with Gasteiger partial charge in [0.15, 0.2) is 0 Å². The number of nitrogens with zero attached hydrogens (tertiary/aromatic N) is 3. The Morgan fingerprint density at radius 1 is 1.39 bits per heavy atom. The SMILES string of the molecule is Cc1nn(C)c(CN(CC(F)(F)F)C(C)C)c1Br. The highest BCUT2D eigenvalue weighted by Gasteiger charge is 2.32. The Hall–Kier alpha value is -0.560. The lowest BCUT2D eigenvalue weighted by molar-refractivity contribution is -0.151. The predicted molar refractivity (Wildman–Crippen MR) is 67.2 cm³/mol. The van der Waals surface area contributed by atoms with Gasteiger partial charge in [0.2, 0.25) is 0 Å². The Morgan fingerprint density at radius 3 is 2.28 bits per heavy atom. The smallest absolute Gasteiger partial charge is 0.287 e. The van der Waals surface area contributed by atoms with Gasteiger partial charge in [-0.1, -0.05) is 0 Å². The van der Waals surface area contributed by atoms with Gasteiger partial charge in [-0.25, -0.2) is 0 Å². The van der Waals surface area contributed by atoms with Crippen molar-refractivity contribution in [2.24, 2.45) is 7.05 Å². The summed E-state index contributed by atoms with van der Waals surface area (Å²) < 4.78 is 39.9. The van der Waals surface area contributed by atoms with Gasteiger partial charge in [0.05, 0.1) is 22.4 Å². The fourth-order valence-corrected chi connectivity index (χ4v) is 2.16. The first-order valence-corrected chi connectivity index (χ1v) is 6.40. The summed E-state index contributed by atoms with van der Waals surface area (Å²) >= 11 is 3.37. The molecule has 0 saturated heterocycles. The van der Waals surface area contributed by atoms with Crippen molar-refractivity contribution in [3.05, 3.63) is 15.9 Å². The van der Waals surface area contributed by atoms with Crippen molar-refractivity contribution < 1.29 is 13.2 Å². The molecule has 0 aliphatic carbocycles. The van der Waals surface area contributed by atoms with Gasteiger partial charge in [-0.2, -0.15) is 18.3 Å². The first kappa shape index (κ1) is 15.5. The maximum absolute atomic E-state index is 12.5. The third-order valence-corrected chi connectivity index (χ3v) is 3.76. The molecule has 3 nitrogen and oxygen atoms in total. The van der Waals surface area contributed by atoms with E-state index in [0.29, 0.717) is 0 Å². The maximum atomic E-state index is 12.5. The van der Waals surface area contributed by atoms with Crippen LogP contribution in [0.4, 0.5) is 13.2 Å². The first-order chi connectivity index (χ1) is 8.11. The lowest BCUT2D eigenvalue weighted by atomic mass is 10.2. The van der Waals surface area contributed by atoms with Crippen LogP contribution in [0.5, 0.6) is 0 Å². The molecule has 104 valence electrons. The Labute approximate surface area is 113 Å². The summed E-state index contributed by atoms with van der Waals surface area (Å²) in [5.41, 5.74) is 1.54. The van der Waals surface area contributed by atoms with E-state index in [4.69, 9.17) is 0 Å². The molecule has 1 aromatic heterocycles. The van der Waals surface area contributed by atoms with Crippen LogP contribution in [-0.2, 0) is 13.6 Å². The van der Waals surface area contributed by atoms with Gasteiger partial charge >= 0.3 is 6.18 Å². The number of aromatic nitrogens is 2. The molecule has 0 atom stereocenters. The Bertz CT molecular complexity index is 412. The van der Waals surface area contributed by atoms with E-state index < -0.39 is 12.7 Å². The Balaban J connectivity index is 2.90. The summed E-state index contributed by atoms with van der Waals surface area (Å²) in [6.07, 6.45) is -4.19. The topological polar surface area (TPSA) is 21.1 Å². The van der Waals surface area contributed by atoms with Crippen LogP contribution in [0.2, 0.25) is 0 Å². The molecule has 0 amide bonds. The molecule has 0 radical (unpaired) electrons. The van der Waals surface area contributed by atoms with Crippen LogP contribution in [0, 0.1) is 6.92 Å². The van der Waals surface area contributed by atoms with Crippen molar-refractivity contribution in [2.45, 2.75) is 39.5 Å². The summed E-state index contributed by atoms with van der Waals surface area (Å²) in [5.74, 6) is 0. The molecule has 18 heavy (non-hydrogen) atoms. The predicted octanol–water partition coefficient (Wildman–Crippen LogP) is 3.26. The van der Waals surface area contributed by atoms with Crippen molar-refractivity contribution in [3.63, 3.8) is 0 Å². The molecule has 0 unspecified atom stereocenters. The number of hydrogen-bond donors (Lipinski definition) is 0. The molecule has 1 heterocycles. The van der Waals surface area contributed by atoms with Gasteiger partial charge in [-0.05, 0) is 36.7 Å². The minimum atomic E-state index is -4.19. The second kappa shape index (κ2) is 5.61. The molecule has 0 N–H and O–H groups in total. The number of rotatable bonds is 4. The second-order valence-electron chi connectivity index (χ2n) is 4.58. The molecule has 0 aliphatic rings. The summed E-state index contributed by atoms with van der Waals surface area (Å²) in [7, 11) is 1.74. The van der Waals surface area contributed by atoms with Crippen LogP contribution in [-0.4, -0.2) is 33.4 Å². The standard InChI is InChI=1S/C11H17BrF3N3/c1-7(2)18(6-11(13,14)15)5-9-10(12)8(3)16-17(9)4/h7H,5-6H2,1-4H3.